The minimum absolute atomic E-state index is 0.251. The Bertz CT molecular complexity index is 1970. The molecule has 0 spiro atoms. The van der Waals surface area contributed by atoms with E-state index >= 15 is 0 Å². The predicted octanol–water partition coefficient (Wildman–Crippen LogP) is 17.1. The largest absolute Gasteiger partial charge is 0.394 e. The van der Waals surface area contributed by atoms with Crippen molar-refractivity contribution in [3.63, 3.8) is 0 Å². The van der Waals surface area contributed by atoms with Crippen LogP contribution in [0.4, 0.5) is 0 Å². The monoisotopic (exact) mass is 1530 g/mol. The van der Waals surface area contributed by atoms with Gasteiger partial charge in [0.15, 0.2) is 18.9 Å². The Hall–Kier alpha value is -1.47. The van der Waals surface area contributed by atoms with Crippen LogP contribution in [-0.2, 0) is 33.2 Å². The Morgan fingerprint density at radius 2 is 0.579 bits per heavy atom. The second-order valence-electron chi connectivity index (χ2n) is 32.8. The molecule has 3 rings (SSSR count). The van der Waals surface area contributed by atoms with Crippen LogP contribution >= 0.6 is 0 Å². The Balaban J connectivity index is 1.32. The van der Waals surface area contributed by atoms with E-state index in [1.807, 2.05) is 6.08 Å². The number of nitrogens with one attached hydrogen (secondary N) is 1. The molecule has 3 aliphatic rings. The molecule has 3 fully saturated rings. The van der Waals surface area contributed by atoms with E-state index < -0.39 is 124 Å². The van der Waals surface area contributed by atoms with E-state index in [-0.39, 0.29) is 18.9 Å². The smallest absolute Gasteiger partial charge is 0.220 e. The van der Waals surface area contributed by atoms with Crippen LogP contribution < -0.4 is 5.32 Å². The molecule has 17 unspecified atom stereocenters. The summed E-state index contributed by atoms with van der Waals surface area (Å²) in [4.78, 5) is 13.5. The number of allylic oxidation sites excluding steroid dienone is 1. The highest BCUT2D eigenvalue weighted by Crippen LogP contribution is 2.34. The summed E-state index contributed by atoms with van der Waals surface area (Å²) in [6, 6.07) is -0.971. The average Bonchev–Trinajstić information content (AvgIpc) is 0.781. The minimum atomic E-state index is -1.98. The van der Waals surface area contributed by atoms with E-state index in [1.54, 1.807) is 6.08 Å². The normalized spacial score (nSPS) is 25.5. The molecule has 0 aromatic carbocycles. The molecule has 19 nitrogen and oxygen atoms in total. The number of carbonyl (C=O) groups excluding carboxylic acids is 1. The lowest BCUT2D eigenvalue weighted by Gasteiger charge is -2.48. The molecule has 3 saturated heterocycles. The number of amides is 1. The van der Waals surface area contributed by atoms with Crippen LogP contribution in [0.3, 0.4) is 0 Å². The number of hydrogen-bond acceptors (Lipinski definition) is 18. The van der Waals surface area contributed by atoms with E-state index in [4.69, 9.17) is 28.4 Å². The second kappa shape index (κ2) is 68.9. The molecule has 0 aromatic rings. The summed E-state index contributed by atoms with van der Waals surface area (Å²) in [7, 11) is 0. The van der Waals surface area contributed by atoms with Crippen LogP contribution in [0, 0.1) is 0 Å². The van der Waals surface area contributed by atoms with E-state index in [2.05, 4.69) is 19.2 Å². The van der Waals surface area contributed by atoms with Crippen LogP contribution in [0.2, 0.25) is 0 Å². The van der Waals surface area contributed by atoms with Gasteiger partial charge in [-0.25, -0.2) is 0 Å². The molecule has 3 aliphatic heterocycles. The summed E-state index contributed by atoms with van der Waals surface area (Å²) >= 11 is 0. The first-order chi connectivity index (χ1) is 52.3. The average molecular weight is 1530 g/mol. The quantitative estimate of drug-likeness (QED) is 0.0199. The van der Waals surface area contributed by atoms with Crippen molar-refractivity contribution in [1.29, 1.82) is 0 Å². The highest BCUT2D eigenvalue weighted by molar-refractivity contribution is 5.76. The maximum atomic E-state index is 13.5. The van der Waals surface area contributed by atoms with E-state index in [0.717, 1.165) is 44.9 Å². The third-order valence-electron chi connectivity index (χ3n) is 23.1. The molecule has 0 bridgehead atoms. The molecule has 17 atom stereocenters. The van der Waals surface area contributed by atoms with Crippen molar-refractivity contribution >= 4 is 5.91 Å². The van der Waals surface area contributed by atoms with E-state index in [1.165, 1.54) is 340 Å². The Kier molecular flexibility index (Phi) is 64.2. The number of hydrogen-bond donors (Lipinski definition) is 12. The van der Waals surface area contributed by atoms with Crippen molar-refractivity contribution in [1.82, 2.24) is 5.32 Å². The molecule has 0 saturated carbocycles. The highest BCUT2D eigenvalue weighted by Gasteiger charge is 2.54. The zero-order valence-corrected chi connectivity index (χ0v) is 68.4. The fourth-order valence-electron chi connectivity index (χ4n) is 15.8. The van der Waals surface area contributed by atoms with E-state index in [9.17, 15) is 61.0 Å². The SMILES string of the molecule is CCCCCCCCCCCCCCCCCCCCCCCCCCCC/C=C/C(O)C(COC1OC(CO)C(OC2OC(CO)C(OC3OC(CO)C(O)C(O)C3O)C(O)C2O)C(O)C1O)NC(=O)CCCCCCCCCCCCCCCCCCCCCCCCCCCCCCCCCCCC. The van der Waals surface area contributed by atoms with Gasteiger partial charge in [-0.2, -0.15) is 0 Å². The first kappa shape index (κ1) is 99.7. The zero-order chi connectivity index (χ0) is 77.4. The Morgan fingerprint density at radius 3 is 0.879 bits per heavy atom. The maximum Gasteiger partial charge on any atom is 0.220 e. The van der Waals surface area contributed by atoms with Crippen LogP contribution in [0.25, 0.3) is 0 Å². The second-order valence-corrected chi connectivity index (χ2v) is 32.8. The van der Waals surface area contributed by atoms with Gasteiger partial charge in [-0.15, -0.1) is 0 Å². The van der Waals surface area contributed by atoms with Gasteiger partial charge in [0, 0.05) is 6.42 Å². The van der Waals surface area contributed by atoms with Gasteiger partial charge in [0.05, 0.1) is 38.6 Å². The Morgan fingerprint density at radius 1 is 0.327 bits per heavy atom. The molecule has 0 aromatic heterocycles. The van der Waals surface area contributed by atoms with Gasteiger partial charge in [0.25, 0.3) is 0 Å². The number of unbranched alkanes of at least 4 members (excludes halogenated alkanes) is 59. The summed E-state index contributed by atoms with van der Waals surface area (Å²) in [5.41, 5.74) is 0. The summed E-state index contributed by atoms with van der Waals surface area (Å²) < 4.78 is 34.5. The first-order valence-electron chi connectivity index (χ1n) is 45.4. The zero-order valence-electron chi connectivity index (χ0n) is 68.4. The molecule has 1 amide bonds. The van der Waals surface area contributed by atoms with Crippen molar-refractivity contribution < 1.29 is 89.4 Å². The molecular formula is C88H169NO18. The van der Waals surface area contributed by atoms with Crippen LogP contribution in [0.1, 0.15) is 412 Å². The van der Waals surface area contributed by atoms with Gasteiger partial charge in [0.2, 0.25) is 5.91 Å². The molecule has 0 aliphatic carbocycles. The van der Waals surface area contributed by atoms with Crippen LogP contribution in [-0.4, -0.2) is 193 Å². The lowest BCUT2D eigenvalue weighted by Crippen LogP contribution is -2.66. The Labute approximate surface area is 652 Å². The lowest BCUT2D eigenvalue weighted by molar-refractivity contribution is -0.379. The van der Waals surface area contributed by atoms with E-state index in [0.29, 0.717) is 6.42 Å². The molecule has 107 heavy (non-hydrogen) atoms. The molecule has 0 radical (unpaired) electrons. The third kappa shape index (κ3) is 47.9. The van der Waals surface area contributed by atoms with Gasteiger partial charge in [0.1, 0.15) is 73.2 Å². The summed E-state index contributed by atoms with van der Waals surface area (Å²) in [5.74, 6) is -0.264. The standard InChI is InChI=1S/C88H169NO18/c1-3-5-7-9-11-13-15-17-19-21-23-25-27-29-31-33-34-35-36-37-38-40-42-44-46-48-50-52-54-56-58-60-62-64-66-76(94)89-71(72(93)65-63-61-59-57-55-53-51-49-47-45-43-41-39-32-30-28-26-24-22-20-18-16-14-12-10-8-6-4-2)70-102-86-82(100)79(97)84(74(68-91)104-86)107-88-83(101)80(98)85(75(69-92)105-88)106-87-81(99)78(96)77(95)73(67-90)103-87/h63,65,71-75,77-88,90-93,95-101H,3-62,64,66-70H2,1-2H3,(H,89,94)/b65-63+. The van der Waals surface area contributed by atoms with Crippen LogP contribution in [0.15, 0.2) is 12.2 Å². The number of carbonyl (C=O) groups is 1. The van der Waals surface area contributed by atoms with Crippen molar-refractivity contribution in [2.24, 2.45) is 0 Å². The molecular weight excluding hydrogens is 1360 g/mol. The van der Waals surface area contributed by atoms with Crippen molar-refractivity contribution in [2.45, 2.75) is 516 Å². The van der Waals surface area contributed by atoms with Crippen LogP contribution in [0.5, 0.6) is 0 Å². The molecule has 3 heterocycles. The van der Waals surface area contributed by atoms with Crippen molar-refractivity contribution in [3.05, 3.63) is 12.2 Å². The molecule has 19 heteroatoms. The third-order valence-corrected chi connectivity index (χ3v) is 23.1. The van der Waals surface area contributed by atoms with Crippen molar-refractivity contribution in [3.8, 4) is 0 Å². The minimum Gasteiger partial charge on any atom is -0.394 e. The van der Waals surface area contributed by atoms with Crippen molar-refractivity contribution in [2.75, 3.05) is 26.4 Å². The predicted molar refractivity (Wildman–Crippen MR) is 430 cm³/mol. The fraction of sp³-hybridized carbons (Fsp3) is 0.966. The molecule has 634 valence electrons. The summed E-state index contributed by atoms with van der Waals surface area (Å²) in [6.45, 7) is 1.82. The molecule has 12 N–H and O–H groups in total. The van der Waals surface area contributed by atoms with Gasteiger partial charge in [-0.05, 0) is 19.3 Å². The topological polar surface area (TPSA) is 307 Å². The summed E-state index contributed by atoms with van der Waals surface area (Å²) in [6.07, 6.45) is 58.0. The maximum absolute atomic E-state index is 13.5. The van der Waals surface area contributed by atoms with Gasteiger partial charge < -0.3 is 89.9 Å². The highest BCUT2D eigenvalue weighted by atomic mass is 16.8. The number of ether oxygens (including phenoxy) is 6. The number of aliphatic hydroxyl groups is 11. The summed E-state index contributed by atoms with van der Waals surface area (Å²) in [5, 5.41) is 121. The van der Waals surface area contributed by atoms with Gasteiger partial charge in [-0.3, -0.25) is 4.79 Å². The van der Waals surface area contributed by atoms with Gasteiger partial charge >= 0.3 is 0 Å². The lowest BCUT2D eigenvalue weighted by atomic mass is 9.96. The fourth-order valence-corrected chi connectivity index (χ4v) is 15.8. The first-order valence-corrected chi connectivity index (χ1v) is 45.4. The number of aliphatic hydroxyl groups excluding tert-OH is 11. The number of rotatable bonds is 75. The van der Waals surface area contributed by atoms with Gasteiger partial charge in [-0.1, -0.05) is 398 Å².